The first-order valence-corrected chi connectivity index (χ1v) is 34.0. The number of nitrogens with two attached hydrogens (primary N) is 6. The summed E-state index contributed by atoms with van der Waals surface area (Å²) in [5, 5.41) is 42.1. The molecule has 32 heteroatoms. The highest BCUT2D eigenvalue weighted by Crippen LogP contribution is 2.61. The van der Waals surface area contributed by atoms with Crippen molar-refractivity contribution in [3.63, 3.8) is 0 Å². The molecule has 9 atom stereocenters. The van der Waals surface area contributed by atoms with E-state index in [4.69, 9.17) is 34.4 Å². The summed E-state index contributed by atoms with van der Waals surface area (Å²) in [6.07, 6.45) is 7.12. The monoisotopic (exact) mass is 1360 g/mol. The molecule has 32 nitrogen and oxygen atoms in total. The number of aliphatic imine (C=N–C) groups is 3. The standard InChI is InChI=1S/C65H105N19O13/c1-36(2)22-46(54(89)75-33-52(87)79-48(27-38-12-6-5-7-13-38)57(92)82-47(23-37(3)4)56(91)81-45(61(96)97)16-10-20-74-64(70)71)78-53(88)34-76-58(93)50-28-42(85)35-84(50)60(95)49-17-11-21-83(49)59(94)44(15-9-19-73-63(68)69)80-55(90)43(14-8-18-72-62(66)67)77-51(86)32-65-29-39-24-40(30-65)26-41(25-39)31-65/h5-7,12-13,36-37,39-50,85H,8-11,14-35H2,1-4H3,(H,75,89)(H,76,93)(H,77,86)(H,78,88)(H,79,87)(H,80,90)(H,81,91)(H,82,92)(H,96,97)(H4,66,67,72)(H4,68,69,73)(H4,70,71,74)/t39?,40?,41?,42?,43-,44+,45+,46+,47+,48-,49+,50+,65?/m1/s1. The Balaban J connectivity index is 1.06. The quantitative estimate of drug-likeness (QED) is 0.0182. The first-order chi connectivity index (χ1) is 46.0. The average molecular weight is 1360 g/mol. The number of β-amino-alcohol motifs (C(OH)–C–C–N with tert-alkyl or cyclic N) is 1. The Morgan fingerprint density at radius 1 is 0.546 bits per heavy atom. The maximum atomic E-state index is 14.8. The smallest absolute Gasteiger partial charge is 0.326 e. The summed E-state index contributed by atoms with van der Waals surface area (Å²) in [7, 11) is 0. The zero-order chi connectivity index (χ0) is 71.1. The van der Waals surface area contributed by atoms with Crippen LogP contribution in [0.5, 0.6) is 0 Å². The Bertz CT molecular complexity index is 2970. The van der Waals surface area contributed by atoms with Crippen LogP contribution in [-0.2, 0) is 59.2 Å². The van der Waals surface area contributed by atoms with Gasteiger partial charge in [-0.1, -0.05) is 58.0 Å². The highest BCUT2D eigenvalue weighted by Gasteiger charge is 2.52. The molecular formula is C65H105N19O13. The molecule has 2 saturated heterocycles. The van der Waals surface area contributed by atoms with Gasteiger partial charge in [-0.2, -0.15) is 0 Å². The van der Waals surface area contributed by atoms with E-state index in [1.807, 2.05) is 0 Å². The number of aliphatic hydroxyl groups excluding tert-OH is 1. The molecule has 0 spiro atoms. The minimum atomic E-state index is -1.33. The van der Waals surface area contributed by atoms with E-state index in [0.29, 0.717) is 36.2 Å². The molecule has 1 aromatic rings. The van der Waals surface area contributed by atoms with Gasteiger partial charge in [0.1, 0.15) is 48.3 Å². The maximum absolute atomic E-state index is 14.8. The molecule has 1 aromatic carbocycles. The molecule has 0 aromatic heterocycles. The van der Waals surface area contributed by atoms with E-state index in [2.05, 4.69) is 57.5 Å². The molecule has 10 amide bonds. The molecule has 0 radical (unpaired) electrons. The molecule has 2 aliphatic heterocycles. The molecule has 7 rings (SSSR count). The van der Waals surface area contributed by atoms with Crippen LogP contribution in [0.3, 0.4) is 0 Å². The number of carbonyl (C=O) groups excluding carboxylic acids is 10. The number of nitrogens with zero attached hydrogens (tertiary/aromatic N) is 5. The van der Waals surface area contributed by atoms with Crippen molar-refractivity contribution in [3.05, 3.63) is 35.9 Å². The number of aliphatic carboxylic acids is 1. The van der Waals surface area contributed by atoms with Crippen LogP contribution in [0.25, 0.3) is 0 Å². The predicted molar refractivity (Wildman–Crippen MR) is 360 cm³/mol. The highest BCUT2D eigenvalue weighted by molar-refractivity contribution is 5.98. The predicted octanol–water partition coefficient (Wildman–Crippen LogP) is -2.73. The molecule has 2 heterocycles. The van der Waals surface area contributed by atoms with Crippen LogP contribution in [-0.4, -0.2) is 203 Å². The van der Waals surface area contributed by atoms with Gasteiger partial charge in [-0.05, 0) is 143 Å². The first kappa shape index (κ1) is 77.2. The van der Waals surface area contributed by atoms with E-state index in [-0.39, 0.29) is 144 Å². The van der Waals surface area contributed by atoms with Crippen molar-refractivity contribution >= 4 is 82.9 Å². The number of carboxylic acid groups (broad SMARTS) is 1. The van der Waals surface area contributed by atoms with Gasteiger partial charge in [0.05, 0.1) is 19.2 Å². The lowest BCUT2D eigenvalue weighted by molar-refractivity contribution is -0.148. The Hall–Kier alpha value is -8.84. The van der Waals surface area contributed by atoms with Gasteiger partial charge in [0.25, 0.3) is 0 Å². The number of carboxylic acids is 1. The van der Waals surface area contributed by atoms with Crippen molar-refractivity contribution in [3.8, 4) is 0 Å². The summed E-state index contributed by atoms with van der Waals surface area (Å²) in [6.45, 7) is 6.10. The second-order valence-corrected chi connectivity index (χ2v) is 27.8. The van der Waals surface area contributed by atoms with Gasteiger partial charge in [0.2, 0.25) is 59.1 Å². The minimum Gasteiger partial charge on any atom is -0.480 e. The number of carbonyl (C=O) groups is 11. The van der Waals surface area contributed by atoms with Gasteiger partial charge >= 0.3 is 5.97 Å². The Morgan fingerprint density at radius 3 is 1.55 bits per heavy atom. The Morgan fingerprint density at radius 2 is 1.01 bits per heavy atom. The van der Waals surface area contributed by atoms with E-state index in [9.17, 15) is 63.0 Å². The van der Waals surface area contributed by atoms with Crippen molar-refractivity contribution in [2.45, 2.75) is 204 Å². The van der Waals surface area contributed by atoms with Crippen LogP contribution in [0.4, 0.5) is 0 Å². The summed E-state index contributed by atoms with van der Waals surface area (Å²) in [5.41, 5.74) is 33.6. The Labute approximate surface area is 566 Å². The average Bonchev–Trinajstić information content (AvgIpc) is 1.53. The molecule has 4 aliphatic carbocycles. The molecule has 6 fully saturated rings. The maximum Gasteiger partial charge on any atom is 0.326 e. The second-order valence-electron chi connectivity index (χ2n) is 27.8. The van der Waals surface area contributed by atoms with Gasteiger partial charge < -0.3 is 96.9 Å². The molecule has 4 saturated carbocycles. The fourth-order valence-corrected chi connectivity index (χ4v) is 14.7. The number of likely N-dealkylation sites (tertiary alicyclic amines) is 2. The van der Waals surface area contributed by atoms with Crippen LogP contribution in [0.1, 0.15) is 149 Å². The number of hydrogen-bond donors (Lipinski definition) is 16. The van der Waals surface area contributed by atoms with E-state index in [1.165, 1.54) is 29.1 Å². The summed E-state index contributed by atoms with van der Waals surface area (Å²) in [6, 6.07) is -1.09. The summed E-state index contributed by atoms with van der Waals surface area (Å²) in [4.78, 5) is 167. The van der Waals surface area contributed by atoms with Crippen molar-refractivity contribution in [2.75, 3.05) is 45.8 Å². The summed E-state index contributed by atoms with van der Waals surface area (Å²) < 4.78 is 0. The number of hydrogen-bond acceptors (Lipinski definition) is 15. The van der Waals surface area contributed by atoms with Crippen molar-refractivity contribution < 1.29 is 63.0 Å². The summed E-state index contributed by atoms with van der Waals surface area (Å²) in [5.74, 6) is -7.16. The number of amides is 10. The molecule has 538 valence electrons. The van der Waals surface area contributed by atoms with E-state index >= 15 is 0 Å². The van der Waals surface area contributed by atoms with Crippen LogP contribution >= 0.6 is 0 Å². The number of nitrogens with one attached hydrogen (secondary N) is 8. The summed E-state index contributed by atoms with van der Waals surface area (Å²) >= 11 is 0. The third kappa shape index (κ3) is 24.6. The van der Waals surface area contributed by atoms with Gasteiger partial charge in [-0.25, -0.2) is 4.79 Å². The SMILES string of the molecule is CC(C)C[C@H](NC(=O)CNC(=O)[C@@H]1CC(O)CN1C(=O)[C@@H]1CCCN1C(=O)[C@H](CCCN=C(N)N)NC(=O)[C@@H](CCCN=C(N)N)NC(=O)CC12CC3CC(CC(C3)C1)C2)C(=O)NCC(=O)N[C@H](Cc1ccccc1)C(=O)N[C@@H](CC(C)C)C(=O)N[C@@H](CCCN=C(N)N)C(=O)O. The molecule has 22 N–H and O–H groups in total. The number of guanidine groups is 3. The minimum absolute atomic E-state index is 0.0160. The molecule has 1 unspecified atom stereocenters. The normalized spacial score (nSPS) is 22.5. The molecule has 6 aliphatic rings. The lowest BCUT2D eigenvalue weighted by Gasteiger charge is -2.56. The molecular weight excluding hydrogens is 1250 g/mol. The van der Waals surface area contributed by atoms with Crippen molar-refractivity contribution in [1.29, 1.82) is 0 Å². The zero-order valence-electron chi connectivity index (χ0n) is 56.4. The zero-order valence-corrected chi connectivity index (χ0v) is 56.4. The van der Waals surface area contributed by atoms with Gasteiger partial charge in [-0.15, -0.1) is 0 Å². The van der Waals surface area contributed by atoms with Gasteiger partial charge in [0.15, 0.2) is 17.9 Å². The lowest BCUT2D eigenvalue weighted by Crippen LogP contribution is -2.58. The third-order valence-electron chi connectivity index (χ3n) is 18.6. The fraction of sp³-hybridized carbons (Fsp3) is 0.692. The van der Waals surface area contributed by atoms with Gasteiger partial charge in [0, 0.05) is 52.0 Å². The topological polar surface area (TPSA) is 524 Å². The van der Waals surface area contributed by atoms with Crippen LogP contribution in [0.15, 0.2) is 45.3 Å². The Kier molecular flexibility index (Phi) is 29.5. The van der Waals surface area contributed by atoms with Crippen molar-refractivity contribution in [2.24, 2.45) is 84.4 Å². The first-order valence-electron chi connectivity index (χ1n) is 34.0. The second kappa shape index (κ2) is 37.0. The van der Waals surface area contributed by atoms with E-state index < -0.39 is 127 Å². The van der Waals surface area contributed by atoms with Gasteiger partial charge in [-0.3, -0.25) is 62.9 Å². The van der Waals surface area contributed by atoms with Crippen LogP contribution in [0.2, 0.25) is 0 Å². The van der Waals surface area contributed by atoms with Crippen LogP contribution < -0.4 is 76.9 Å². The highest BCUT2D eigenvalue weighted by atomic mass is 16.4. The number of rotatable bonds is 38. The molecule has 4 bridgehead atoms. The number of aliphatic hydroxyl groups is 1. The van der Waals surface area contributed by atoms with E-state index in [0.717, 1.165) is 19.3 Å². The third-order valence-corrected chi connectivity index (χ3v) is 18.6. The largest absolute Gasteiger partial charge is 0.480 e. The van der Waals surface area contributed by atoms with Crippen molar-refractivity contribution in [1.82, 2.24) is 52.3 Å². The molecule has 97 heavy (non-hydrogen) atoms. The van der Waals surface area contributed by atoms with Crippen LogP contribution in [0, 0.1) is 35.0 Å². The number of benzene rings is 1. The fourth-order valence-electron chi connectivity index (χ4n) is 14.7. The van der Waals surface area contributed by atoms with E-state index in [1.54, 1.807) is 58.0 Å². The lowest BCUT2D eigenvalue weighted by atomic mass is 9.49.